The minimum Gasteiger partial charge on any atom is -0.347 e. The number of nitrogens with zero attached hydrogens (tertiary/aromatic N) is 4. The van der Waals surface area contributed by atoms with Crippen LogP contribution in [0.5, 0.6) is 0 Å². The minimum absolute atomic E-state index is 0.199. The Bertz CT molecular complexity index is 1180. The van der Waals surface area contributed by atoms with Crippen LogP contribution in [0.3, 0.4) is 0 Å². The van der Waals surface area contributed by atoms with Gasteiger partial charge in [-0.05, 0) is 25.1 Å². The van der Waals surface area contributed by atoms with E-state index in [9.17, 15) is 13.2 Å². The summed E-state index contributed by atoms with van der Waals surface area (Å²) in [6, 6.07) is 10.6. The summed E-state index contributed by atoms with van der Waals surface area (Å²) in [6.45, 7) is 1.70. The maximum Gasteiger partial charge on any atom is 0.233 e. The van der Waals surface area contributed by atoms with Gasteiger partial charge >= 0.3 is 0 Å². The van der Waals surface area contributed by atoms with Gasteiger partial charge in [0, 0.05) is 23.3 Å². The SMILES string of the molecule is CC(Nc1ncnc(Nc2cc(-c3cccc(F)c3)[nH]n2)n1)c1ccc(F)cc1F. The fraction of sp³-hybridized carbons (Fsp3) is 0.100. The first kappa shape index (κ1) is 19.4. The standard InChI is InChI=1S/C20H16F3N7/c1-11(15-6-5-14(22)8-16(15)23)26-19-24-10-25-20(28-19)27-18-9-17(29-30-18)12-3-2-4-13(21)7-12/h2-11H,1H3,(H3,24,25,26,27,28,29,30). The lowest BCUT2D eigenvalue weighted by molar-refractivity contribution is 0.566. The maximum atomic E-state index is 14.0. The van der Waals surface area contributed by atoms with Crippen LogP contribution in [-0.2, 0) is 0 Å². The van der Waals surface area contributed by atoms with Crippen LogP contribution in [0.2, 0.25) is 0 Å². The van der Waals surface area contributed by atoms with Crippen LogP contribution >= 0.6 is 0 Å². The highest BCUT2D eigenvalue weighted by Gasteiger charge is 2.14. The van der Waals surface area contributed by atoms with E-state index in [1.165, 1.54) is 30.6 Å². The molecule has 0 aliphatic rings. The Morgan fingerprint density at radius 2 is 1.73 bits per heavy atom. The lowest BCUT2D eigenvalue weighted by Crippen LogP contribution is -2.12. The molecule has 3 N–H and O–H groups in total. The summed E-state index contributed by atoms with van der Waals surface area (Å²) in [4.78, 5) is 12.3. The summed E-state index contributed by atoms with van der Waals surface area (Å²) in [5.41, 5.74) is 1.53. The number of hydrogen-bond donors (Lipinski definition) is 3. The predicted molar refractivity (Wildman–Crippen MR) is 105 cm³/mol. The molecule has 0 radical (unpaired) electrons. The van der Waals surface area contributed by atoms with Crippen LogP contribution in [0.15, 0.2) is 54.9 Å². The molecular weight excluding hydrogens is 395 g/mol. The largest absolute Gasteiger partial charge is 0.347 e. The molecule has 4 rings (SSSR count). The van der Waals surface area contributed by atoms with Gasteiger partial charge in [0.15, 0.2) is 5.82 Å². The molecule has 0 amide bonds. The molecule has 7 nitrogen and oxygen atoms in total. The van der Waals surface area contributed by atoms with Gasteiger partial charge in [-0.2, -0.15) is 10.1 Å². The molecule has 0 saturated heterocycles. The molecule has 2 aromatic heterocycles. The van der Waals surface area contributed by atoms with E-state index in [1.54, 1.807) is 25.1 Å². The zero-order valence-corrected chi connectivity index (χ0v) is 15.7. The normalized spacial score (nSPS) is 11.9. The van der Waals surface area contributed by atoms with E-state index in [1.807, 2.05) is 0 Å². The summed E-state index contributed by atoms with van der Waals surface area (Å²) in [5, 5.41) is 12.8. The minimum atomic E-state index is -0.663. The van der Waals surface area contributed by atoms with Gasteiger partial charge in [-0.1, -0.05) is 18.2 Å². The Balaban J connectivity index is 1.47. The van der Waals surface area contributed by atoms with Gasteiger partial charge in [0.25, 0.3) is 0 Å². The third kappa shape index (κ3) is 4.37. The van der Waals surface area contributed by atoms with Crippen molar-refractivity contribution in [3.05, 3.63) is 77.9 Å². The molecule has 1 unspecified atom stereocenters. The lowest BCUT2D eigenvalue weighted by atomic mass is 10.1. The zero-order chi connectivity index (χ0) is 21.1. The molecule has 0 spiro atoms. The van der Waals surface area contributed by atoms with Crippen molar-refractivity contribution < 1.29 is 13.2 Å². The van der Waals surface area contributed by atoms with Crippen molar-refractivity contribution in [3.8, 4) is 11.3 Å². The van der Waals surface area contributed by atoms with E-state index in [0.29, 0.717) is 17.1 Å². The van der Waals surface area contributed by atoms with E-state index in [0.717, 1.165) is 6.07 Å². The summed E-state index contributed by atoms with van der Waals surface area (Å²) < 4.78 is 40.5. The smallest absolute Gasteiger partial charge is 0.233 e. The Morgan fingerprint density at radius 1 is 0.933 bits per heavy atom. The molecular formula is C20H16F3N7. The Kier molecular flexibility index (Phi) is 5.29. The van der Waals surface area contributed by atoms with Crippen molar-refractivity contribution in [2.45, 2.75) is 13.0 Å². The molecule has 2 aromatic carbocycles. The van der Waals surface area contributed by atoms with Crippen molar-refractivity contribution in [1.82, 2.24) is 25.1 Å². The van der Waals surface area contributed by atoms with Gasteiger partial charge in [-0.3, -0.25) is 5.10 Å². The Hall–Kier alpha value is -3.95. The van der Waals surface area contributed by atoms with E-state index in [4.69, 9.17) is 0 Å². The number of rotatable bonds is 6. The molecule has 0 aliphatic carbocycles. The number of nitrogens with one attached hydrogen (secondary N) is 3. The first-order valence-corrected chi connectivity index (χ1v) is 8.97. The number of halogens is 3. The van der Waals surface area contributed by atoms with E-state index in [-0.39, 0.29) is 23.3 Å². The Morgan fingerprint density at radius 3 is 2.53 bits per heavy atom. The van der Waals surface area contributed by atoms with Crippen LogP contribution in [0.1, 0.15) is 18.5 Å². The first-order chi connectivity index (χ1) is 14.5. The second kappa shape index (κ2) is 8.19. The van der Waals surface area contributed by atoms with Gasteiger partial charge in [0.05, 0.1) is 11.7 Å². The molecule has 0 fully saturated rings. The van der Waals surface area contributed by atoms with E-state index in [2.05, 4.69) is 35.8 Å². The molecule has 0 saturated carbocycles. The summed E-state index contributed by atoms with van der Waals surface area (Å²) >= 11 is 0. The van der Waals surface area contributed by atoms with E-state index < -0.39 is 17.7 Å². The van der Waals surface area contributed by atoms with E-state index >= 15 is 0 Å². The molecule has 10 heteroatoms. The average Bonchev–Trinajstić information content (AvgIpc) is 3.16. The highest BCUT2D eigenvalue weighted by atomic mass is 19.1. The van der Waals surface area contributed by atoms with Gasteiger partial charge in [-0.25, -0.2) is 23.1 Å². The third-order valence-corrected chi connectivity index (χ3v) is 4.30. The highest BCUT2D eigenvalue weighted by molar-refractivity contribution is 5.64. The molecule has 30 heavy (non-hydrogen) atoms. The first-order valence-electron chi connectivity index (χ1n) is 8.97. The lowest BCUT2D eigenvalue weighted by Gasteiger charge is -2.15. The summed E-state index contributed by atoms with van der Waals surface area (Å²) in [5.74, 6) is -0.836. The van der Waals surface area contributed by atoms with Crippen LogP contribution in [-0.4, -0.2) is 25.1 Å². The maximum absolute atomic E-state index is 14.0. The van der Waals surface area contributed by atoms with Crippen molar-refractivity contribution in [3.63, 3.8) is 0 Å². The third-order valence-electron chi connectivity index (χ3n) is 4.30. The number of H-pyrrole nitrogens is 1. The fourth-order valence-corrected chi connectivity index (χ4v) is 2.85. The van der Waals surface area contributed by atoms with Crippen LogP contribution < -0.4 is 10.6 Å². The predicted octanol–water partition coefficient (Wildman–Crippen LogP) is 4.60. The Labute approximate surface area is 169 Å². The van der Waals surface area contributed by atoms with Gasteiger partial charge in [0.1, 0.15) is 23.8 Å². The van der Waals surface area contributed by atoms with Crippen LogP contribution in [0.4, 0.5) is 30.9 Å². The quantitative estimate of drug-likeness (QED) is 0.430. The van der Waals surface area contributed by atoms with Crippen molar-refractivity contribution in [2.24, 2.45) is 0 Å². The highest BCUT2D eigenvalue weighted by Crippen LogP contribution is 2.23. The molecule has 0 aliphatic heterocycles. The molecule has 1 atom stereocenters. The van der Waals surface area contributed by atoms with Crippen LogP contribution in [0.25, 0.3) is 11.3 Å². The summed E-state index contributed by atoms with van der Waals surface area (Å²) in [7, 11) is 0. The monoisotopic (exact) mass is 411 g/mol. The molecule has 2 heterocycles. The van der Waals surface area contributed by atoms with Crippen molar-refractivity contribution in [2.75, 3.05) is 10.6 Å². The second-order valence-electron chi connectivity index (χ2n) is 6.47. The zero-order valence-electron chi connectivity index (χ0n) is 15.7. The molecule has 4 aromatic rings. The number of aromatic amines is 1. The van der Waals surface area contributed by atoms with Crippen molar-refractivity contribution >= 4 is 17.7 Å². The number of benzene rings is 2. The number of anilines is 3. The van der Waals surface area contributed by atoms with Gasteiger partial charge in [-0.15, -0.1) is 0 Å². The number of aromatic nitrogens is 5. The topological polar surface area (TPSA) is 91.4 Å². The van der Waals surface area contributed by atoms with Crippen LogP contribution in [0, 0.1) is 17.5 Å². The summed E-state index contributed by atoms with van der Waals surface area (Å²) in [6.07, 6.45) is 1.28. The average molecular weight is 411 g/mol. The second-order valence-corrected chi connectivity index (χ2v) is 6.47. The number of hydrogen-bond acceptors (Lipinski definition) is 6. The fourth-order valence-electron chi connectivity index (χ4n) is 2.85. The molecule has 152 valence electrons. The van der Waals surface area contributed by atoms with Gasteiger partial charge < -0.3 is 10.6 Å². The van der Waals surface area contributed by atoms with Gasteiger partial charge in [0.2, 0.25) is 11.9 Å². The van der Waals surface area contributed by atoms with Crippen molar-refractivity contribution in [1.29, 1.82) is 0 Å². The molecule has 0 bridgehead atoms.